The Morgan fingerprint density at radius 1 is 1.62 bits per heavy atom. The molecule has 0 aromatic carbocycles. The van der Waals surface area contributed by atoms with Gasteiger partial charge in [-0.1, -0.05) is 11.6 Å². The van der Waals surface area contributed by atoms with Crippen molar-refractivity contribution >= 4 is 17.5 Å². The minimum absolute atomic E-state index is 0.0533. The van der Waals surface area contributed by atoms with Crippen LogP contribution in [0.4, 0.5) is 13.2 Å². The van der Waals surface area contributed by atoms with Gasteiger partial charge in [0.05, 0.1) is 10.7 Å². The minimum Gasteiger partial charge on any atom is -0.293 e. The van der Waals surface area contributed by atoms with Gasteiger partial charge in [0.25, 0.3) is 5.91 Å². The molecule has 0 atom stereocenters. The molecule has 1 heterocycles. The first-order valence-corrected chi connectivity index (χ1v) is 4.44. The van der Waals surface area contributed by atoms with Crippen molar-refractivity contribution in [3.8, 4) is 0 Å². The number of alkyl halides is 3. The van der Waals surface area contributed by atoms with Crippen molar-refractivity contribution < 1.29 is 18.0 Å². The van der Waals surface area contributed by atoms with Crippen molar-refractivity contribution in [2.45, 2.75) is 19.6 Å². The van der Waals surface area contributed by atoms with Crippen LogP contribution in [-0.4, -0.2) is 15.7 Å². The Labute approximate surface area is 93.3 Å². The summed E-state index contributed by atoms with van der Waals surface area (Å²) in [7, 11) is 0. The number of hydrogen-bond acceptors (Lipinski definition) is 3. The molecular formula is C7H8ClF3N4O. The van der Waals surface area contributed by atoms with Crippen LogP contribution in [0, 0.1) is 6.92 Å². The average molecular weight is 257 g/mol. The normalized spacial score (nSPS) is 11.6. The summed E-state index contributed by atoms with van der Waals surface area (Å²) < 4.78 is 38.0. The molecule has 0 fully saturated rings. The van der Waals surface area contributed by atoms with Gasteiger partial charge in [0.15, 0.2) is 5.69 Å². The predicted octanol–water partition coefficient (Wildman–Crippen LogP) is 0.854. The first-order chi connectivity index (χ1) is 7.27. The van der Waals surface area contributed by atoms with Gasteiger partial charge in [0, 0.05) is 0 Å². The van der Waals surface area contributed by atoms with Crippen molar-refractivity contribution in [2.75, 3.05) is 0 Å². The summed E-state index contributed by atoms with van der Waals surface area (Å²) in [6.45, 7) is 0.909. The molecule has 1 aromatic heterocycles. The zero-order chi connectivity index (χ0) is 12.5. The number of amides is 1. The van der Waals surface area contributed by atoms with Crippen LogP contribution in [0.2, 0.25) is 5.02 Å². The number of halogens is 4. The second kappa shape index (κ2) is 4.30. The zero-order valence-corrected chi connectivity index (χ0v) is 8.85. The number of carbonyl (C=O) groups is 1. The first-order valence-electron chi connectivity index (χ1n) is 4.07. The fourth-order valence-electron chi connectivity index (χ4n) is 1.04. The lowest BCUT2D eigenvalue weighted by molar-refractivity contribution is -0.141. The topological polar surface area (TPSA) is 72.9 Å². The van der Waals surface area contributed by atoms with Crippen LogP contribution < -0.4 is 11.3 Å². The van der Waals surface area contributed by atoms with Crippen LogP contribution in [0.5, 0.6) is 0 Å². The molecule has 1 amide bonds. The summed E-state index contributed by atoms with van der Waals surface area (Å²) in [5.74, 6) is 4.13. The maximum Gasteiger partial charge on any atom is 0.436 e. The van der Waals surface area contributed by atoms with Gasteiger partial charge < -0.3 is 0 Å². The molecule has 1 aromatic rings. The lowest BCUT2D eigenvalue weighted by Gasteiger charge is -2.02. The highest BCUT2D eigenvalue weighted by Crippen LogP contribution is 2.35. The Morgan fingerprint density at radius 3 is 2.56 bits per heavy atom. The number of nitrogens with two attached hydrogens (primary N) is 1. The number of carbonyl (C=O) groups excluding carboxylic acids is 1. The molecule has 0 bridgehead atoms. The van der Waals surface area contributed by atoms with E-state index in [-0.39, 0.29) is 5.69 Å². The first kappa shape index (κ1) is 12.8. The lowest BCUT2D eigenvalue weighted by Crippen LogP contribution is -2.33. The highest BCUT2D eigenvalue weighted by atomic mass is 35.5. The number of nitrogens with zero attached hydrogens (tertiary/aromatic N) is 2. The van der Waals surface area contributed by atoms with E-state index in [1.54, 1.807) is 5.43 Å². The molecule has 0 unspecified atom stereocenters. The third-order valence-electron chi connectivity index (χ3n) is 1.86. The van der Waals surface area contributed by atoms with E-state index in [0.717, 1.165) is 4.68 Å². The maximum absolute atomic E-state index is 12.4. The summed E-state index contributed by atoms with van der Waals surface area (Å²) >= 11 is 5.46. The van der Waals surface area contributed by atoms with Crippen molar-refractivity contribution in [3.63, 3.8) is 0 Å². The van der Waals surface area contributed by atoms with E-state index in [4.69, 9.17) is 17.4 Å². The van der Waals surface area contributed by atoms with Crippen LogP contribution in [-0.2, 0) is 17.5 Å². The minimum atomic E-state index is -4.65. The van der Waals surface area contributed by atoms with E-state index in [1.165, 1.54) is 6.92 Å². The summed E-state index contributed by atoms with van der Waals surface area (Å²) in [5, 5.41) is 2.70. The number of rotatable bonds is 2. The monoisotopic (exact) mass is 256 g/mol. The quantitative estimate of drug-likeness (QED) is 0.468. The van der Waals surface area contributed by atoms with Crippen molar-refractivity contribution in [1.29, 1.82) is 0 Å². The summed E-state index contributed by atoms with van der Waals surface area (Å²) in [6, 6.07) is 0. The van der Waals surface area contributed by atoms with E-state index in [9.17, 15) is 18.0 Å². The van der Waals surface area contributed by atoms with Crippen molar-refractivity contribution in [2.24, 2.45) is 5.84 Å². The number of nitrogens with one attached hydrogen (secondary N) is 1. The van der Waals surface area contributed by atoms with Gasteiger partial charge in [-0.25, -0.2) is 5.84 Å². The van der Waals surface area contributed by atoms with Crippen LogP contribution in [0.25, 0.3) is 0 Å². The number of aromatic nitrogens is 2. The smallest absolute Gasteiger partial charge is 0.293 e. The molecule has 0 aliphatic heterocycles. The standard InChI is InChI=1S/C7H8ClF3N4O/c1-3-5(8)6(7(9,10)11)14-15(3)2-4(16)13-12/h2,12H2,1H3,(H,13,16). The molecule has 0 saturated carbocycles. The Morgan fingerprint density at radius 2 is 2.19 bits per heavy atom. The summed E-state index contributed by atoms with van der Waals surface area (Å²) in [5.41, 5.74) is 0.626. The van der Waals surface area contributed by atoms with E-state index >= 15 is 0 Å². The fraction of sp³-hybridized carbons (Fsp3) is 0.429. The van der Waals surface area contributed by atoms with E-state index < -0.39 is 29.3 Å². The van der Waals surface area contributed by atoms with E-state index in [2.05, 4.69) is 5.10 Å². The SMILES string of the molecule is Cc1c(Cl)c(C(F)(F)F)nn1CC(=O)NN. The average Bonchev–Trinajstić information content (AvgIpc) is 2.45. The second-order valence-corrected chi connectivity index (χ2v) is 3.35. The van der Waals surface area contributed by atoms with Crippen LogP contribution in [0.15, 0.2) is 0 Å². The molecule has 9 heteroatoms. The van der Waals surface area contributed by atoms with E-state index in [0.29, 0.717) is 0 Å². The van der Waals surface area contributed by atoms with Crippen LogP contribution in [0.1, 0.15) is 11.4 Å². The highest BCUT2D eigenvalue weighted by Gasteiger charge is 2.38. The van der Waals surface area contributed by atoms with Crippen LogP contribution in [0.3, 0.4) is 0 Å². The molecule has 1 rings (SSSR count). The van der Waals surface area contributed by atoms with Gasteiger partial charge in [-0.05, 0) is 6.92 Å². The molecule has 90 valence electrons. The molecule has 16 heavy (non-hydrogen) atoms. The van der Waals surface area contributed by atoms with Gasteiger partial charge in [0.1, 0.15) is 6.54 Å². The number of hydrazine groups is 1. The van der Waals surface area contributed by atoms with Gasteiger partial charge >= 0.3 is 6.18 Å². The molecule has 0 aliphatic rings. The summed E-state index contributed by atoms with van der Waals surface area (Å²) in [4.78, 5) is 10.9. The maximum atomic E-state index is 12.4. The lowest BCUT2D eigenvalue weighted by atomic mass is 10.3. The van der Waals surface area contributed by atoms with Crippen molar-refractivity contribution in [1.82, 2.24) is 15.2 Å². The molecule has 0 spiro atoms. The predicted molar refractivity (Wildman–Crippen MR) is 49.3 cm³/mol. The Kier molecular flexibility index (Phi) is 3.44. The van der Waals surface area contributed by atoms with Gasteiger partial charge in [-0.3, -0.25) is 14.9 Å². The fourth-order valence-corrected chi connectivity index (χ4v) is 1.28. The molecular weight excluding hydrogens is 249 g/mol. The van der Waals surface area contributed by atoms with Gasteiger partial charge in [0.2, 0.25) is 0 Å². The van der Waals surface area contributed by atoms with Gasteiger partial charge in [-0.15, -0.1) is 0 Å². The van der Waals surface area contributed by atoms with E-state index in [1.807, 2.05) is 0 Å². The van der Waals surface area contributed by atoms with Crippen molar-refractivity contribution in [3.05, 3.63) is 16.4 Å². The molecule has 0 saturated heterocycles. The highest BCUT2D eigenvalue weighted by molar-refractivity contribution is 6.31. The largest absolute Gasteiger partial charge is 0.436 e. The number of hydrogen-bond donors (Lipinski definition) is 2. The Bertz CT molecular complexity index is 414. The molecule has 0 aliphatic carbocycles. The third kappa shape index (κ3) is 2.45. The molecule has 0 radical (unpaired) electrons. The molecule has 3 N–H and O–H groups in total. The van der Waals surface area contributed by atoms with Crippen LogP contribution >= 0.6 is 11.6 Å². The molecule has 5 nitrogen and oxygen atoms in total. The second-order valence-electron chi connectivity index (χ2n) is 2.97. The third-order valence-corrected chi connectivity index (χ3v) is 2.31. The zero-order valence-electron chi connectivity index (χ0n) is 8.10. The van der Waals surface area contributed by atoms with Gasteiger partial charge in [-0.2, -0.15) is 18.3 Å². The summed E-state index contributed by atoms with van der Waals surface area (Å²) in [6.07, 6.45) is -4.65. The Hall–Kier alpha value is -1.28. The Balaban J connectivity index is 3.10.